The average Bonchev–Trinajstić information content (AvgIpc) is 2.96. The summed E-state index contributed by atoms with van der Waals surface area (Å²) in [6.45, 7) is 1.95. The summed E-state index contributed by atoms with van der Waals surface area (Å²) in [5.41, 5.74) is 0. The molecule has 1 aliphatic rings. The molecule has 23 heavy (non-hydrogen) atoms. The summed E-state index contributed by atoms with van der Waals surface area (Å²) in [6.07, 6.45) is 1.73. The maximum atomic E-state index is 12.4. The molecule has 1 aliphatic carbocycles. The highest BCUT2D eigenvalue weighted by atomic mass is 32.2. The van der Waals surface area contributed by atoms with Gasteiger partial charge in [0.05, 0.1) is 10.8 Å². The molecule has 0 aliphatic heterocycles. The minimum absolute atomic E-state index is 0.0856. The van der Waals surface area contributed by atoms with E-state index in [-0.39, 0.29) is 11.5 Å². The first-order chi connectivity index (χ1) is 10.9. The average molecular weight is 337 g/mol. The van der Waals surface area contributed by atoms with Crippen LogP contribution in [0, 0.1) is 17.8 Å². The van der Waals surface area contributed by atoms with Crippen molar-refractivity contribution in [3.05, 3.63) is 24.3 Å². The number of aliphatic carboxylic acids is 1. The third kappa shape index (κ3) is 4.47. The van der Waals surface area contributed by atoms with Gasteiger partial charge in [0.2, 0.25) is 10.0 Å². The summed E-state index contributed by atoms with van der Waals surface area (Å²) >= 11 is 0. The maximum Gasteiger partial charge on any atom is 0.308 e. The minimum Gasteiger partial charge on any atom is -0.481 e. The Hall–Kier alpha value is -2.04. The van der Waals surface area contributed by atoms with Crippen LogP contribution >= 0.6 is 0 Å². The lowest BCUT2D eigenvalue weighted by molar-refractivity contribution is -0.141. The summed E-state index contributed by atoms with van der Waals surface area (Å²) in [5.74, 6) is 4.34. The number of rotatable bonds is 6. The normalized spacial score (nSPS) is 20.6. The van der Waals surface area contributed by atoms with E-state index in [9.17, 15) is 13.2 Å². The second kappa shape index (κ2) is 7.49. The Kier molecular flexibility index (Phi) is 5.64. The highest BCUT2D eigenvalue weighted by Crippen LogP contribution is 2.27. The van der Waals surface area contributed by atoms with Crippen LogP contribution in [0.3, 0.4) is 0 Å². The Balaban J connectivity index is 2.07. The van der Waals surface area contributed by atoms with Gasteiger partial charge in [0.15, 0.2) is 0 Å². The zero-order valence-electron chi connectivity index (χ0n) is 12.8. The van der Waals surface area contributed by atoms with Gasteiger partial charge in [-0.2, -0.15) is 0 Å². The standard InChI is InChI=1S/C16H19NO5S/c1-2-3-11-22-12-7-9-13(10-8-12)23(20,21)17-15-6-4-5-14(15)16(18)19/h7-10,14-15,17H,4-6,11H2,1H3,(H,18,19)/t14-,15+/m1/s1. The molecule has 2 N–H and O–H groups in total. The predicted molar refractivity (Wildman–Crippen MR) is 84.5 cm³/mol. The first-order valence-electron chi connectivity index (χ1n) is 7.31. The molecule has 0 radical (unpaired) electrons. The van der Waals surface area contributed by atoms with Crippen molar-refractivity contribution in [2.45, 2.75) is 37.1 Å². The van der Waals surface area contributed by atoms with E-state index < -0.39 is 28.0 Å². The molecular formula is C16H19NO5S. The molecule has 0 unspecified atom stereocenters. The Labute approximate surface area is 135 Å². The van der Waals surface area contributed by atoms with Crippen LogP contribution in [-0.2, 0) is 14.8 Å². The largest absolute Gasteiger partial charge is 0.481 e. The highest BCUT2D eigenvalue weighted by molar-refractivity contribution is 7.89. The van der Waals surface area contributed by atoms with Crippen molar-refractivity contribution in [1.82, 2.24) is 4.72 Å². The monoisotopic (exact) mass is 337 g/mol. The van der Waals surface area contributed by atoms with Crippen molar-refractivity contribution in [2.75, 3.05) is 6.61 Å². The Morgan fingerprint density at radius 2 is 2.04 bits per heavy atom. The molecule has 0 heterocycles. The Morgan fingerprint density at radius 3 is 2.65 bits per heavy atom. The molecule has 2 atom stereocenters. The molecule has 0 amide bonds. The van der Waals surface area contributed by atoms with Crippen molar-refractivity contribution in [1.29, 1.82) is 0 Å². The quantitative estimate of drug-likeness (QED) is 0.770. The number of ether oxygens (including phenoxy) is 1. The minimum atomic E-state index is -3.75. The van der Waals surface area contributed by atoms with E-state index in [4.69, 9.17) is 9.84 Å². The lowest BCUT2D eigenvalue weighted by Gasteiger charge is -2.17. The van der Waals surface area contributed by atoms with Gasteiger partial charge in [-0.15, -0.1) is 5.92 Å². The Morgan fingerprint density at radius 1 is 1.35 bits per heavy atom. The van der Waals surface area contributed by atoms with Crippen molar-refractivity contribution in [3.63, 3.8) is 0 Å². The number of carbonyl (C=O) groups is 1. The van der Waals surface area contributed by atoms with Gasteiger partial charge in [-0.1, -0.05) is 12.3 Å². The molecule has 1 fully saturated rings. The number of hydrogen-bond acceptors (Lipinski definition) is 4. The number of sulfonamides is 1. The van der Waals surface area contributed by atoms with Crippen LogP contribution in [0.2, 0.25) is 0 Å². The topological polar surface area (TPSA) is 92.7 Å². The molecule has 1 aromatic rings. The van der Waals surface area contributed by atoms with Gasteiger partial charge >= 0.3 is 5.97 Å². The van der Waals surface area contributed by atoms with E-state index in [1.807, 2.05) is 0 Å². The van der Waals surface area contributed by atoms with Crippen LogP contribution in [0.25, 0.3) is 0 Å². The van der Waals surface area contributed by atoms with Gasteiger partial charge in [-0.25, -0.2) is 13.1 Å². The molecule has 0 aromatic heterocycles. The van der Waals surface area contributed by atoms with Gasteiger partial charge in [0, 0.05) is 6.04 Å². The predicted octanol–water partition coefficient (Wildman–Crippen LogP) is 1.62. The SMILES string of the molecule is CC#CCOc1ccc(S(=O)(=O)N[C@H]2CCC[C@H]2C(=O)O)cc1. The third-order valence-electron chi connectivity index (χ3n) is 3.76. The number of carboxylic acid groups (broad SMARTS) is 1. The molecule has 0 spiro atoms. The van der Waals surface area contributed by atoms with Gasteiger partial charge in [-0.05, 0) is 44.0 Å². The second-order valence-electron chi connectivity index (χ2n) is 5.29. The number of hydrogen-bond donors (Lipinski definition) is 2. The molecule has 124 valence electrons. The van der Waals surface area contributed by atoms with Crippen molar-refractivity contribution in [3.8, 4) is 17.6 Å². The van der Waals surface area contributed by atoms with Crippen molar-refractivity contribution in [2.24, 2.45) is 5.92 Å². The third-order valence-corrected chi connectivity index (χ3v) is 5.27. The van der Waals surface area contributed by atoms with Crippen LogP contribution in [0.4, 0.5) is 0 Å². The molecular weight excluding hydrogens is 318 g/mol. The second-order valence-corrected chi connectivity index (χ2v) is 7.00. The summed E-state index contributed by atoms with van der Waals surface area (Å²) in [4.78, 5) is 11.2. The fourth-order valence-electron chi connectivity index (χ4n) is 2.57. The number of nitrogens with one attached hydrogen (secondary N) is 1. The van der Waals surface area contributed by atoms with Crippen molar-refractivity contribution < 1.29 is 23.1 Å². The number of benzene rings is 1. The first kappa shape index (κ1) is 17.3. The fraction of sp³-hybridized carbons (Fsp3) is 0.438. The van der Waals surface area contributed by atoms with E-state index in [0.717, 1.165) is 0 Å². The fourth-order valence-corrected chi connectivity index (χ4v) is 3.88. The molecule has 6 nitrogen and oxygen atoms in total. The molecule has 2 rings (SSSR count). The van der Waals surface area contributed by atoms with Crippen LogP contribution in [0.15, 0.2) is 29.2 Å². The van der Waals surface area contributed by atoms with Crippen LogP contribution < -0.4 is 9.46 Å². The van der Waals surface area contributed by atoms with Gasteiger partial charge in [0.1, 0.15) is 12.4 Å². The van der Waals surface area contributed by atoms with Gasteiger partial charge in [0.25, 0.3) is 0 Å². The number of carboxylic acids is 1. The summed E-state index contributed by atoms with van der Waals surface area (Å²) < 4.78 is 32.6. The molecule has 0 saturated heterocycles. The molecule has 1 saturated carbocycles. The Bertz CT molecular complexity index is 715. The van der Waals surface area contributed by atoms with E-state index in [1.54, 1.807) is 19.1 Å². The van der Waals surface area contributed by atoms with Crippen molar-refractivity contribution >= 4 is 16.0 Å². The molecule has 0 bridgehead atoms. The van der Waals surface area contributed by atoms with Crippen LogP contribution in [0.1, 0.15) is 26.2 Å². The lowest BCUT2D eigenvalue weighted by Crippen LogP contribution is -2.40. The zero-order valence-corrected chi connectivity index (χ0v) is 13.6. The van der Waals surface area contributed by atoms with Crippen LogP contribution in [-0.4, -0.2) is 32.1 Å². The highest BCUT2D eigenvalue weighted by Gasteiger charge is 2.35. The van der Waals surface area contributed by atoms with E-state index in [0.29, 0.717) is 25.0 Å². The van der Waals surface area contributed by atoms with E-state index in [2.05, 4.69) is 16.6 Å². The lowest BCUT2D eigenvalue weighted by atomic mass is 10.1. The van der Waals surface area contributed by atoms with Crippen LogP contribution in [0.5, 0.6) is 5.75 Å². The zero-order chi connectivity index (χ0) is 16.9. The summed E-state index contributed by atoms with van der Waals surface area (Å²) in [5, 5.41) is 9.13. The summed E-state index contributed by atoms with van der Waals surface area (Å²) in [6, 6.07) is 5.40. The van der Waals surface area contributed by atoms with E-state index in [1.165, 1.54) is 12.1 Å². The molecule has 1 aromatic carbocycles. The summed E-state index contributed by atoms with van der Waals surface area (Å²) in [7, 11) is -3.75. The van der Waals surface area contributed by atoms with Gasteiger partial charge < -0.3 is 9.84 Å². The molecule has 7 heteroatoms. The maximum absolute atomic E-state index is 12.4. The van der Waals surface area contributed by atoms with Gasteiger partial charge in [-0.3, -0.25) is 4.79 Å². The first-order valence-corrected chi connectivity index (χ1v) is 8.80. The smallest absolute Gasteiger partial charge is 0.308 e. The van der Waals surface area contributed by atoms with E-state index >= 15 is 0 Å².